The third kappa shape index (κ3) is 5.32. The molecular formula is C26H30ClN3O5S. The lowest BCUT2D eigenvalue weighted by Crippen LogP contribution is -2.42. The molecule has 0 aromatic heterocycles. The Balaban J connectivity index is 1.57. The van der Waals surface area contributed by atoms with Gasteiger partial charge in [-0.15, -0.1) is 0 Å². The van der Waals surface area contributed by atoms with Crippen molar-refractivity contribution < 1.29 is 23.9 Å². The molecule has 3 aliphatic heterocycles. The first-order valence-corrected chi connectivity index (χ1v) is 13.4. The van der Waals surface area contributed by atoms with Gasteiger partial charge in [0.15, 0.2) is 5.17 Å². The topological polar surface area (TPSA) is 88.5 Å². The van der Waals surface area contributed by atoms with Crippen molar-refractivity contribution in [3.63, 3.8) is 0 Å². The average molecular weight is 532 g/mol. The van der Waals surface area contributed by atoms with Crippen molar-refractivity contribution in [2.75, 3.05) is 26.8 Å². The number of nitrogens with zero attached hydrogens (tertiary/aromatic N) is 3. The summed E-state index contributed by atoms with van der Waals surface area (Å²) in [5, 5.41) is 3.25. The number of methoxy groups -OCH3 is 1. The molecular weight excluding hydrogens is 502 g/mol. The number of thioether (sulfide) groups is 1. The Hall–Kier alpha value is -2.78. The van der Waals surface area contributed by atoms with Crippen LogP contribution in [0.25, 0.3) is 0 Å². The molecule has 192 valence electrons. The van der Waals surface area contributed by atoms with Crippen LogP contribution in [0.1, 0.15) is 51.1 Å². The molecule has 1 aromatic rings. The summed E-state index contributed by atoms with van der Waals surface area (Å²) in [7, 11) is 1.36. The fraction of sp³-hybridized carbons (Fsp3) is 0.462. The summed E-state index contributed by atoms with van der Waals surface area (Å²) >= 11 is 7.58. The minimum atomic E-state index is -0.485. The van der Waals surface area contributed by atoms with E-state index in [4.69, 9.17) is 26.1 Å². The Bertz CT molecular complexity index is 1120. The number of likely N-dealkylation sites (tertiary alicyclic amines) is 1. The Labute approximate surface area is 220 Å². The molecule has 1 aromatic carbocycles. The van der Waals surface area contributed by atoms with Gasteiger partial charge in [-0.2, -0.15) is 0 Å². The number of ether oxygens (including phenoxy) is 2. The predicted octanol–water partition coefficient (Wildman–Crippen LogP) is 4.67. The van der Waals surface area contributed by atoms with Crippen molar-refractivity contribution in [3.8, 4) is 0 Å². The summed E-state index contributed by atoms with van der Waals surface area (Å²) in [5.74, 6) is -0.817. The number of benzene rings is 1. The van der Waals surface area contributed by atoms with E-state index in [0.29, 0.717) is 55.3 Å². The van der Waals surface area contributed by atoms with Crippen LogP contribution in [0.3, 0.4) is 0 Å². The third-order valence-electron chi connectivity index (χ3n) is 6.61. The highest BCUT2D eigenvalue weighted by molar-refractivity contribution is 8.16. The molecule has 1 saturated heterocycles. The van der Waals surface area contributed by atoms with E-state index in [2.05, 4.69) is 0 Å². The fourth-order valence-electron chi connectivity index (χ4n) is 4.76. The van der Waals surface area contributed by atoms with E-state index >= 15 is 0 Å². The van der Waals surface area contributed by atoms with E-state index in [1.54, 1.807) is 24.0 Å². The molecule has 8 nitrogen and oxygen atoms in total. The minimum Gasteiger partial charge on any atom is -0.466 e. The fourth-order valence-corrected chi connectivity index (χ4v) is 5.83. The number of halogens is 1. The molecule has 1 unspecified atom stereocenters. The maximum atomic E-state index is 13.3. The molecule has 3 heterocycles. The number of amides is 1. The van der Waals surface area contributed by atoms with Crippen LogP contribution in [0.5, 0.6) is 0 Å². The molecule has 1 fully saturated rings. The zero-order valence-electron chi connectivity index (χ0n) is 20.7. The number of rotatable bonds is 7. The molecule has 1 amide bonds. The zero-order valence-corrected chi connectivity index (χ0v) is 22.2. The monoisotopic (exact) mass is 531 g/mol. The number of aliphatic imine (C=N–C) groups is 1. The van der Waals surface area contributed by atoms with E-state index in [0.717, 1.165) is 16.4 Å². The number of carbonyl (C=O) groups is 3. The summed E-state index contributed by atoms with van der Waals surface area (Å²) in [6, 6.07) is 6.85. The second kappa shape index (κ2) is 11.5. The van der Waals surface area contributed by atoms with Crippen LogP contribution in [-0.4, -0.2) is 59.6 Å². The van der Waals surface area contributed by atoms with Gasteiger partial charge in [0, 0.05) is 23.8 Å². The first-order valence-electron chi connectivity index (χ1n) is 12.1. The Kier molecular flexibility index (Phi) is 8.41. The summed E-state index contributed by atoms with van der Waals surface area (Å²) in [6.07, 6.45) is 1.92. The van der Waals surface area contributed by atoms with Crippen molar-refractivity contribution in [1.82, 2.24) is 9.80 Å². The second-order valence-corrected chi connectivity index (χ2v) is 10.0. The standard InChI is InChI=1S/C26H30ClN3O5S/c1-4-20-22(25(33)34-3)23(16-6-8-18(27)9-7-16)30-19(15-36-26(30)28-20)14-21(31)29-12-10-17(11-13-29)24(32)35-5-2/h6-9,15,17,23H,4-5,10-14H2,1-3H3. The van der Waals surface area contributed by atoms with Gasteiger partial charge >= 0.3 is 11.9 Å². The normalized spacial score (nSPS) is 20.1. The molecule has 36 heavy (non-hydrogen) atoms. The molecule has 3 aliphatic rings. The molecule has 4 rings (SSSR count). The van der Waals surface area contributed by atoms with Crippen LogP contribution in [0, 0.1) is 5.92 Å². The number of allylic oxidation sites excluding steroid dienone is 1. The lowest BCUT2D eigenvalue weighted by Gasteiger charge is -2.37. The first-order chi connectivity index (χ1) is 17.4. The predicted molar refractivity (Wildman–Crippen MR) is 139 cm³/mol. The van der Waals surface area contributed by atoms with Gasteiger partial charge < -0.3 is 19.3 Å². The number of piperidine rings is 1. The lowest BCUT2D eigenvalue weighted by atomic mass is 9.92. The first kappa shape index (κ1) is 26.3. The van der Waals surface area contributed by atoms with Crippen molar-refractivity contribution in [1.29, 1.82) is 0 Å². The molecule has 0 aliphatic carbocycles. The van der Waals surface area contributed by atoms with E-state index in [-0.39, 0.29) is 24.2 Å². The average Bonchev–Trinajstić information content (AvgIpc) is 3.29. The SMILES string of the molecule is CCOC(=O)C1CCN(C(=O)CC2=CSC3=NC(CC)=C(C(=O)OC)C(c4ccc(Cl)cc4)N23)CC1. The number of amidine groups is 1. The largest absolute Gasteiger partial charge is 0.466 e. The number of carbonyl (C=O) groups excluding carboxylic acids is 3. The lowest BCUT2D eigenvalue weighted by molar-refractivity contribution is -0.151. The van der Waals surface area contributed by atoms with Gasteiger partial charge in [0.25, 0.3) is 0 Å². The van der Waals surface area contributed by atoms with Crippen molar-refractivity contribution in [2.45, 2.75) is 45.6 Å². The maximum absolute atomic E-state index is 13.3. The Morgan fingerprint density at radius 1 is 1.14 bits per heavy atom. The quantitative estimate of drug-likeness (QED) is 0.472. The second-order valence-electron chi connectivity index (χ2n) is 8.73. The van der Waals surface area contributed by atoms with Crippen LogP contribution < -0.4 is 0 Å². The smallest absolute Gasteiger partial charge is 0.338 e. The van der Waals surface area contributed by atoms with E-state index in [1.165, 1.54) is 18.9 Å². The van der Waals surface area contributed by atoms with Crippen LogP contribution in [0.2, 0.25) is 5.02 Å². The van der Waals surface area contributed by atoms with Crippen molar-refractivity contribution in [2.24, 2.45) is 10.9 Å². The molecule has 0 saturated carbocycles. The van der Waals surface area contributed by atoms with Gasteiger partial charge in [-0.3, -0.25) is 9.59 Å². The van der Waals surface area contributed by atoms with Gasteiger partial charge in [-0.05, 0) is 49.3 Å². The van der Waals surface area contributed by atoms with Gasteiger partial charge in [-0.1, -0.05) is 42.4 Å². The molecule has 1 atom stereocenters. The Morgan fingerprint density at radius 2 is 1.83 bits per heavy atom. The highest BCUT2D eigenvalue weighted by Gasteiger charge is 2.42. The highest BCUT2D eigenvalue weighted by Crippen LogP contribution is 2.45. The molecule has 0 radical (unpaired) electrons. The number of hydrogen-bond acceptors (Lipinski definition) is 8. The molecule has 0 spiro atoms. The number of fused-ring (bicyclic) bond motifs is 1. The summed E-state index contributed by atoms with van der Waals surface area (Å²) in [4.78, 5) is 46.8. The van der Waals surface area contributed by atoms with Gasteiger partial charge in [0.1, 0.15) is 0 Å². The minimum absolute atomic E-state index is 0.0230. The number of esters is 2. The summed E-state index contributed by atoms with van der Waals surface area (Å²) < 4.78 is 10.3. The third-order valence-corrected chi connectivity index (χ3v) is 7.76. The van der Waals surface area contributed by atoms with E-state index < -0.39 is 12.0 Å². The van der Waals surface area contributed by atoms with Crippen LogP contribution in [0.15, 0.2) is 51.6 Å². The van der Waals surface area contributed by atoms with Crippen molar-refractivity contribution >= 4 is 46.4 Å². The van der Waals surface area contributed by atoms with Crippen LogP contribution in [-0.2, 0) is 23.9 Å². The maximum Gasteiger partial charge on any atom is 0.338 e. The van der Waals surface area contributed by atoms with E-state index in [9.17, 15) is 14.4 Å². The number of hydrogen-bond donors (Lipinski definition) is 0. The summed E-state index contributed by atoms with van der Waals surface area (Å²) in [6.45, 7) is 5.13. The van der Waals surface area contributed by atoms with Gasteiger partial charge in [0.05, 0.1) is 43.4 Å². The van der Waals surface area contributed by atoms with Crippen LogP contribution in [0.4, 0.5) is 0 Å². The summed E-state index contributed by atoms with van der Waals surface area (Å²) in [5.41, 5.74) is 2.76. The molecule has 0 N–H and O–H groups in total. The van der Waals surface area contributed by atoms with Crippen molar-refractivity contribution in [3.05, 3.63) is 57.2 Å². The Morgan fingerprint density at radius 3 is 2.44 bits per heavy atom. The highest BCUT2D eigenvalue weighted by atomic mass is 35.5. The van der Waals surface area contributed by atoms with Gasteiger partial charge in [-0.25, -0.2) is 9.79 Å². The van der Waals surface area contributed by atoms with Gasteiger partial charge in [0.2, 0.25) is 5.91 Å². The molecule has 10 heteroatoms. The molecule has 0 bridgehead atoms. The zero-order chi connectivity index (χ0) is 25.8. The van der Waals surface area contributed by atoms with Crippen LogP contribution >= 0.6 is 23.4 Å². The van der Waals surface area contributed by atoms with E-state index in [1.807, 2.05) is 29.4 Å².